The van der Waals surface area contributed by atoms with E-state index in [0.717, 1.165) is 31.3 Å². The first-order valence-electron chi connectivity index (χ1n) is 7.68. The van der Waals surface area contributed by atoms with Crippen LogP contribution in [0.15, 0.2) is 53.8 Å². The van der Waals surface area contributed by atoms with Crippen molar-refractivity contribution in [3.8, 4) is 0 Å². The number of fused-ring (bicyclic) bond motifs is 1. The van der Waals surface area contributed by atoms with Gasteiger partial charge < -0.3 is 4.74 Å². The molecule has 0 amide bonds. The van der Waals surface area contributed by atoms with E-state index >= 15 is 0 Å². The summed E-state index contributed by atoms with van der Waals surface area (Å²) >= 11 is 0. The lowest BCUT2D eigenvalue weighted by Crippen LogP contribution is -2.34. The molecule has 112 valence electrons. The Morgan fingerprint density at radius 2 is 2.24 bits per heavy atom. The molecule has 0 bridgehead atoms. The standard InChI is InChI=1S/C19H24O2/c1-4-5-6-10-17-16-12-11-14(2)8-7-9-15(3)18(16)13-21-19(17)20/h5,8,10,16,18H,1,3,6-7,9,11-13H2,2H3/b14-8+,17-10-/t16-,18+/m1/s1. The van der Waals surface area contributed by atoms with Gasteiger partial charge in [-0.05, 0) is 45.1 Å². The summed E-state index contributed by atoms with van der Waals surface area (Å²) in [5.41, 5.74) is 6.18. The maximum absolute atomic E-state index is 12.1. The van der Waals surface area contributed by atoms with E-state index in [1.807, 2.05) is 12.2 Å². The highest BCUT2D eigenvalue weighted by Gasteiger charge is 2.36. The Hall–Kier alpha value is -1.79. The molecule has 0 aromatic carbocycles. The van der Waals surface area contributed by atoms with Crippen LogP contribution in [0.2, 0.25) is 0 Å². The van der Waals surface area contributed by atoms with Gasteiger partial charge in [0.25, 0.3) is 0 Å². The lowest BCUT2D eigenvalue weighted by atomic mass is 9.76. The fraction of sp³-hybridized carbons (Fsp3) is 0.474. The van der Waals surface area contributed by atoms with Gasteiger partial charge in [-0.1, -0.05) is 36.5 Å². The van der Waals surface area contributed by atoms with Crippen LogP contribution >= 0.6 is 0 Å². The Morgan fingerprint density at radius 3 is 3.00 bits per heavy atom. The Morgan fingerprint density at radius 1 is 1.43 bits per heavy atom. The van der Waals surface area contributed by atoms with Gasteiger partial charge >= 0.3 is 5.97 Å². The van der Waals surface area contributed by atoms with Gasteiger partial charge in [0.15, 0.2) is 0 Å². The van der Waals surface area contributed by atoms with Gasteiger partial charge in [0.05, 0.1) is 6.61 Å². The minimum Gasteiger partial charge on any atom is -0.462 e. The highest BCUT2D eigenvalue weighted by molar-refractivity contribution is 5.90. The molecule has 2 nitrogen and oxygen atoms in total. The van der Waals surface area contributed by atoms with E-state index in [9.17, 15) is 4.79 Å². The first-order valence-corrected chi connectivity index (χ1v) is 7.68. The fourth-order valence-corrected chi connectivity index (χ4v) is 3.17. The molecule has 21 heavy (non-hydrogen) atoms. The van der Waals surface area contributed by atoms with E-state index in [0.29, 0.717) is 13.0 Å². The normalized spacial score (nSPS) is 30.9. The maximum atomic E-state index is 12.1. The molecule has 2 aliphatic rings. The van der Waals surface area contributed by atoms with E-state index in [1.165, 1.54) is 11.1 Å². The van der Waals surface area contributed by atoms with Gasteiger partial charge in [-0.15, -0.1) is 5.73 Å². The third-order valence-electron chi connectivity index (χ3n) is 4.45. The first-order chi connectivity index (χ1) is 10.1. The van der Waals surface area contributed by atoms with Crippen LogP contribution in [-0.2, 0) is 9.53 Å². The molecule has 1 heterocycles. The second-order valence-corrected chi connectivity index (χ2v) is 5.90. The van der Waals surface area contributed by atoms with E-state index in [1.54, 1.807) is 0 Å². The number of carbonyl (C=O) groups is 1. The zero-order valence-corrected chi connectivity index (χ0v) is 12.9. The molecule has 0 spiro atoms. The van der Waals surface area contributed by atoms with Crippen molar-refractivity contribution < 1.29 is 9.53 Å². The molecule has 0 saturated carbocycles. The largest absolute Gasteiger partial charge is 0.462 e. The van der Waals surface area contributed by atoms with Crippen molar-refractivity contribution in [3.05, 3.63) is 53.8 Å². The highest BCUT2D eigenvalue weighted by atomic mass is 16.5. The van der Waals surface area contributed by atoms with Crippen molar-refractivity contribution in [2.75, 3.05) is 6.61 Å². The minimum atomic E-state index is -0.164. The van der Waals surface area contributed by atoms with Gasteiger partial charge in [0.2, 0.25) is 0 Å². The molecule has 2 heteroatoms. The molecule has 2 atom stereocenters. The molecule has 0 N–H and O–H groups in total. The number of hydrogen-bond donors (Lipinski definition) is 0. The summed E-state index contributed by atoms with van der Waals surface area (Å²) in [7, 11) is 0. The Balaban J connectivity index is 2.28. The average Bonchev–Trinajstić information content (AvgIpc) is 2.52. The van der Waals surface area contributed by atoms with E-state index in [2.05, 4.69) is 31.9 Å². The minimum absolute atomic E-state index is 0.164. The molecule has 1 aliphatic heterocycles. The molecular weight excluding hydrogens is 260 g/mol. The van der Waals surface area contributed by atoms with Crippen LogP contribution < -0.4 is 0 Å². The van der Waals surface area contributed by atoms with E-state index in [4.69, 9.17) is 4.74 Å². The molecule has 0 aromatic heterocycles. The molecule has 0 aromatic rings. The quantitative estimate of drug-likeness (QED) is 0.323. The van der Waals surface area contributed by atoms with Crippen molar-refractivity contribution in [2.45, 2.75) is 39.0 Å². The lowest BCUT2D eigenvalue weighted by Gasteiger charge is -2.34. The van der Waals surface area contributed by atoms with Crippen molar-refractivity contribution in [3.63, 3.8) is 0 Å². The number of hydrogen-bond acceptors (Lipinski definition) is 2. The van der Waals surface area contributed by atoms with Crippen LogP contribution in [-0.4, -0.2) is 12.6 Å². The summed E-state index contributed by atoms with van der Waals surface area (Å²) in [5.74, 6) is 0.335. The van der Waals surface area contributed by atoms with Crippen LogP contribution in [0, 0.1) is 11.8 Å². The number of allylic oxidation sites excluding steroid dienone is 4. The molecule has 2 rings (SSSR count). The smallest absolute Gasteiger partial charge is 0.334 e. The summed E-state index contributed by atoms with van der Waals surface area (Å²) in [6.07, 6.45) is 10.8. The average molecular weight is 284 g/mol. The molecule has 1 saturated heterocycles. The number of esters is 1. The zero-order valence-electron chi connectivity index (χ0n) is 12.9. The molecule has 1 fully saturated rings. The van der Waals surface area contributed by atoms with Gasteiger partial charge in [0, 0.05) is 17.4 Å². The summed E-state index contributed by atoms with van der Waals surface area (Å²) in [6, 6.07) is 0. The number of carbonyl (C=O) groups excluding carboxylic acids is 1. The molecular formula is C19H24O2. The summed E-state index contributed by atoms with van der Waals surface area (Å²) in [5, 5.41) is 0. The maximum Gasteiger partial charge on any atom is 0.334 e. The van der Waals surface area contributed by atoms with Crippen LogP contribution in [0.1, 0.15) is 39.0 Å². The van der Waals surface area contributed by atoms with Crippen molar-refractivity contribution in [1.29, 1.82) is 0 Å². The van der Waals surface area contributed by atoms with E-state index < -0.39 is 0 Å². The summed E-state index contributed by atoms with van der Waals surface area (Å²) in [6.45, 7) is 10.5. The highest BCUT2D eigenvalue weighted by Crippen LogP contribution is 2.38. The molecule has 0 radical (unpaired) electrons. The van der Waals surface area contributed by atoms with Gasteiger partial charge in [-0.3, -0.25) is 0 Å². The third kappa shape index (κ3) is 3.86. The Bertz CT molecular complexity index is 530. The van der Waals surface area contributed by atoms with Crippen LogP contribution in [0.5, 0.6) is 0 Å². The van der Waals surface area contributed by atoms with Crippen molar-refractivity contribution in [2.24, 2.45) is 11.8 Å². The van der Waals surface area contributed by atoms with Gasteiger partial charge in [0.1, 0.15) is 0 Å². The van der Waals surface area contributed by atoms with Crippen molar-refractivity contribution in [1.82, 2.24) is 0 Å². The van der Waals surface area contributed by atoms with Crippen LogP contribution in [0.25, 0.3) is 0 Å². The predicted octanol–water partition coefficient (Wildman–Crippen LogP) is 4.51. The van der Waals surface area contributed by atoms with E-state index in [-0.39, 0.29) is 17.8 Å². The van der Waals surface area contributed by atoms with Gasteiger partial charge in [-0.25, -0.2) is 4.79 Å². The van der Waals surface area contributed by atoms with Crippen molar-refractivity contribution >= 4 is 5.97 Å². The zero-order chi connectivity index (χ0) is 15.2. The summed E-state index contributed by atoms with van der Waals surface area (Å²) < 4.78 is 5.39. The molecule has 0 unspecified atom stereocenters. The van der Waals surface area contributed by atoms with Crippen LogP contribution in [0.3, 0.4) is 0 Å². The summed E-state index contributed by atoms with van der Waals surface area (Å²) in [4.78, 5) is 12.1. The van der Waals surface area contributed by atoms with Gasteiger partial charge in [-0.2, -0.15) is 0 Å². The topological polar surface area (TPSA) is 26.3 Å². The monoisotopic (exact) mass is 284 g/mol. The van der Waals surface area contributed by atoms with Crippen LogP contribution in [0.4, 0.5) is 0 Å². The fourth-order valence-electron chi connectivity index (χ4n) is 3.17. The third-order valence-corrected chi connectivity index (χ3v) is 4.45. The number of rotatable bonds is 2. The predicted molar refractivity (Wildman–Crippen MR) is 85.7 cm³/mol. The Labute approximate surface area is 127 Å². The Kier molecular flexibility index (Phi) is 5.41. The number of cyclic esters (lactones) is 1. The SMILES string of the molecule is C=C=CC/C=C1\C(=O)OC[C@H]2C(=C)CC/C=C(\C)CC[C@H]12. The lowest BCUT2D eigenvalue weighted by molar-refractivity contribution is -0.144. The second-order valence-electron chi connectivity index (χ2n) is 5.90. The molecule has 1 aliphatic carbocycles. The second kappa shape index (κ2) is 7.28. The first kappa shape index (κ1) is 15.6. The number of ether oxygens (including phenoxy) is 1.